The van der Waals surface area contributed by atoms with Crippen molar-refractivity contribution < 1.29 is 0 Å². The zero-order valence-corrected chi connectivity index (χ0v) is 32.5. The van der Waals surface area contributed by atoms with Gasteiger partial charge in [-0.15, -0.1) is 0 Å². The quantitative estimate of drug-likeness (QED) is 0.162. The smallest absolute Gasteiger partial charge is 0.0988 e. The van der Waals surface area contributed by atoms with Crippen LogP contribution in [0, 0.1) is 11.3 Å². The number of rotatable bonds is 7. The molecule has 278 valence electrons. The van der Waals surface area contributed by atoms with Crippen molar-refractivity contribution in [1.29, 1.82) is 5.26 Å². The Morgan fingerprint density at radius 3 is 1.29 bits per heavy atom. The van der Waals surface area contributed by atoms with Gasteiger partial charge in [-0.2, -0.15) is 5.26 Å². The van der Waals surface area contributed by atoms with Crippen LogP contribution < -0.4 is 4.90 Å². The SMILES string of the molecule is N#CC1=CCC(N(c2ccc(C3(c4ccccc4)c4ccccc4-c4ccccc43)cc2)c2ccc3c(c2)C(c2ccccc2)(c2ccccc2)c2ccccc2-3)C=C1. The Morgan fingerprint density at radius 2 is 0.831 bits per heavy atom. The van der Waals surface area contributed by atoms with Crippen LogP contribution in [0.2, 0.25) is 0 Å². The van der Waals surface area contributed by atoms with Gasteiger partial charge < -0.3 is 4.90 Å². The van der Waals surface area contributed by atoms with E-state index in [4.69, 9.17) is 0 Å². The summed E-state index contributed by atoms with van der Waals surface area (Å²) in [6.07, 6.45) is 6.97. The third-order valence-corrected chi connectivity index (χ3v) is 13.0. The number of fused-ring (bicyclic) bond motifs is 6. The van der Waals surface area contributed by atoms with Crippen molar-refractivity contribution in [1.82, 2.24) is 0 Å². The summed E-state index contributed by atoms with van der Waals surface area (Å²) >= 11 is 0. The maximum Gasteiger partial charge on any atom is 0.0988 e. The van der Waals surface area contributed by atoms with E-state index in [2.05, 4.69) is 229 Å². The highest BCUT2D eigenvalue weighted by atomic mass is 15.2. The van der Waals surface area contributed by atoms with Gasteiger partial charge >= 0.3 is 0 Å². The molecule has 59 heavy (non-hydrogen) atoms. The fourth-order valence-corrected chi connectivity index (χ4v) is 10.6. The van der Waals surface area contributed by atoms with Gasteiger partial charge in [-0.25, -0.2) is 0 Å². The Morgan fingerprint density at radius 1 is 0.424 bits per heavy atom. The predicted molar refractivity (Wildman–Crippen MR) is 241 cm³/mol. The molecule has 0 aliphatic heterocycles. The minimum atomic E-state index is -0.512. The number of hydrogen-bond acceptors (Lipinski definition) is 2. The molecule has 0 aromatic heterocycles. The van der Waals surface area contributed by atoms with Gasteiger partial charge in [0, 0.05) is 16.9 Å². The monoisotopic (exact) mass is 752 g/mol. The first kappa shape index (κ1) is 34.8. The molecule has 0 amide bonds. The largest absolute Gasteiger partial charge is 0.334 e. The molecule has 0 spiro atoms. The third-order valence-electron chi connectivity index (χ3n) is 13.0. The first-order chi connectivity index (χ1) is 29.2. The number of hydrogen-bond donors (Lipinski definition) is 0. The van der Waals surface area contributed by atoms with E-state index in [1.165, 1.54) is 66.8 Å². The maximum atomic E-state index is 9.82. The average molecular weight is 753 g/mol. The second kappa shape index (κ2) is 13.9. The van der Waals surface area contributed by atoms with Gasteiger partial charge in [0.2, 0.25) is 0 Å². The van der Waals surface area contributed by atoms with E-state index in [1.54, 1.807) is 0 Å². The van der Waals surface area contributed by atoms with Gasteiger partial charge in [0.1, 0.15) is 0 Å². The summed E-state index contributed by atoms with van der Waals surface area (Å²) in [5.41, 5.74) is 17.1. The van der Waals surface area contributed by atoms with E-state index in [0.717, 1.165) is 17.8 Å². The lowest BCUT2D eigenvalue weighted by molar-refractivity contribution is 0.757. The van der Waals surface area contributed by atoms with Gasteiger partial charge in [0.05, 0.1) is 22.9 Å². The summed E-state index contributed by atoms with van der Waals surface area (Å²) < 4.78 is 0. The van der Waals surface area contributed by atoms with Crippen molar-refractivity contribution in [2.75, 3.05) is 4.90 Å². The molecule has 8 aromatic carbocycles. The highest BCUT2D eigenvalue weighted by Gasteiger charge is 2.47. The molecule has 0 bridgehead atoms. The van der Waals surface area contributed by atoms with Crippen molar-refractivity contribution in [3.8, 4) is 28.3 Å². The summed E-state index contributed by atoms with van der Waals surface area (Å²) in [7, 11) is 0. The molecule has 3 aliphatic carbocycles. The average Bonchev–Trinajstić information content (AvgIpc) is 3.79. The molecule has 1 atom stereocenters. The molecule has 2 nitrogen and oxygen atoms in total. The van der Waals surface area contributed by atoms with E-state index in [0.29, 0.717) is 5.57 Å². The number of benzene rings is 8. The zero-order chi connectivity index (χ0) is 39.4. The lowest BCUT2D eigenvalue weighted by Crippen LogP contribution is -2.32. The van der Waals surface area contributed by atoms with Crippen LogP contribution in [0.1, 0.15) is 50.9 Å². The molecule has 0 fully saturated rings. The predicted octanol–water partition coefficient (Wildman–Crippen LogP) is 13.3. The molecule has 3 aliphatic rings. The second-order valence-corrected chi connectivity index (χ2v) is 15.8. The number of anilines is 2. The fraction of sp³-hybridized carbons (Fsp3) is 0.0702. The summed E-state index contributed by atoms with van der Waals surface area (Å²) in [4.78, 5) is 2.47. The van der Waals surface area contributed by atoms with Crippen LogP contribution in [0.5, 0.6) is 0 Å². The van der Waals surface area contributed by atoms with Crippen LogP contribution in [-0.2, 0) is 10.8 Å². The number of nitriles is 1. The van der Waals surface area contributed by atoms with Crippen LogP contribution >= 0.6 is 0 Å². The number of nitrogens with zero attached hydrogens (tertiary/aromatic N) is 2. The van der Waals surface area contributed by atoms with Crippen molar-refractivity contribution in [3.05, 3.63) is 275 Å². The van der Waals surface area contributed by atoms with Gasteiger partial charge in [0.25, 0.3) is 0 Å². The fourth-order valence-electron chi connectivity index (χ4n) is 10.6. The normalized spacial score (nSPS) is 16.2. The lowest BCUT2D eigenvalue weighted by Gasteiger charge is -2.37. The van der Waals surface area contributed by atoms with Gasteiger partial charge in [-0.1, -0.05) is 194 Å². The molecule has 1 unspecified atom stereocenters. The minimum Gasteiger partial charge on any atom is -0.334 e. The number of allylic oxidation sites excluding steroid dienone is 2. The topological polar surface area (TPSA) is 27.0 Å². The maximum absolute atomic E-state index is 9.82. The summed E-state index contributed by atoms with van der Waals surface area (Å²) in [5, 5.41) is 9.82. The van der Waals surface area contributed by atoms with Crippen LogP contribution in [-0.4, -0.2) is 6.04 Å². The Balaban J connectivity index is 1.12. The van der Waals surface area contributed by atoms with Crippen molar-refractivity contribution >= 4 is 11.4 Å². The van der Waals surface area contributed by atoms with E-state index >= 15 is 0 Å². The van der Waals surface area contributed by atoms with Gasteiger partial charge in [-0.3, -0.25) is 0 Å². The molecule has 8 aromatic rings. The molecule has 0 saturated heterocycles. The van der Waals surface area contributed by atoms with Crippen LogP contribution in [0.4, 0.5) is 11.4 Å². The molecule has 2 heteroatoms. The van der Waals surface area contributed by atoms with E-state index in [1.807, 2.05) is 6.08 Å². The standard InChI is InChI=1S/C57H40N2/c58-39-40-28-32-45(33-29-40)59(46-34-30-44(31-35-46)56(41-16-4-1-5-17-41)52-25-13-10-22-48(52)49-23-11-14-26-53(49)56)47-36-37-51-50-24-12-15-27-54(50)57(55(51)38-47,42-18-6-2-7-19-42)43-20-8-3-9-21-43/h1-32,34-38,45H,33H2. The third kappa shape index (κ3) is 5.12. The lowest BCUT2D eigenvalue weighted by atomic mass is 9.67. The van der Waals surface area contributed by atoms with Crippen molar-refractivity contribution in [2.24, 2.45) is 0 Å². The molecule has 0 heterocycles. The first-order valence-corrected chi connectivity index (χ1v) is 20.5. The molecular weight excluding hydrogens is 713 g/mol. The Labute approximate surface area is 346 Å². The zero-order valence-electron chi connectivity index (χ0n) is 32.5. The molecule has 0 saturated carbocycles. The molecular formula is C57H40N2. The van der Waals surface area contributed by atoms with Gasteiger partial charge in [0.15, 0.2) is 0 Å². The van der Waals surface area contributed by atoms with Crippen molar-refractivity contribution in [3.63, 3.8) is 0 Å². The first-order valence-electron chi connectivity index (χ1n) is 20.5. The van der Waals surface area contributed by atoms with Crippen LogP contribution in [0.25, 0.3) is 22.3 Å². The molecule has 0 radical (unpaired) electrons. The highest BCUT2D eigenvalue weighted by molar-refractivity contribution is 5.89. The second-order valence-electron chi connectivity index (χ2n) is 15.8. The van der Waals surface area contributed by atoms with E-state index in [-0.39, 0.29) is 6.04 Å². The van der Waals surface area contributed by atoms with Crippen LogP contribution in [0.3, 0.4) is 0 Å². The highest BCUT2D eigenvalue weighted by Crippen LogP contribution is 2.58. The summed E-state index contributed by atoms with van der Waals surface area (Å²) in [6, 6.07) is 78.4. The van der Waals surface area contributed by atoms with Crippen LogP contribution in [0.15, 0.2) is 230 Å². The minimum absolute atomic E-state index is 0.00125. The Kier molecular flexibility index (Phi) is 8.17. The molecule has 0 N–H and O–H groups in total. The van der Waals surface area contributed by atoms with E-state index in [9.17, 15) is 5.26 Å². The van der Waals surface area contributed by atoms with Gasteiger partial charge in [-0.05, 0) is 104 Å². The Bertz CT molecular complexity index is 2890. The van der Waals surface area contributed by atoms with Crippen molar-refractivity contribution in [2.45, 2.75) is 23.3 Å². The summed E-state index contributed by atoms with van der Waals surface area (Å²) in [5.74, 6) is 0. The summed E-state index contributed by atoms with van der Waals surface area (Å²) in [6.45, 7) is 0. The Hall–Kier alpha value is -7.47. The molecule has 11 rings (SSSR count). The van der Waals surface area contributed by atoms with E-state index < -0.39 is 10.8 Å².